The molecule has 0 saturated carbocycles. The van der Waals surface area contributed by atoms with Crippen LogP contribution in [0.1, 0.15) is 38.6 Å². The first-order valence-electron chi connectivity index (χ1n) is 8.99. The molecule has 0 aliphatic rings. The van der Waals surface area contributed by atoms with Crippen LogP contribution in [0.5, 0.6) is 0 Å². The van der Waals surface area contributed by atoms with Crippen LogP contribution in [0.4, 0.5) is 8.78 Å². The van der Waals surface area contributed by atoms with E-state index in [1.807, 2.05) is 26.0 Å². The Morgan fingerprint density at radius 1 is 1.03 bits per heavy atom. The average molecular weight is 416 g/mol. The predicted octanol–water partition coefficient (Wildman–Crippen LogP) is 4.61. The molecular formula is C22H22F2N2O2S. The molecule has 0 radical (unpaired) electrons. The van der Waals surface area contributed by atoms with Gasteiger partial charge in [-0.15, -0.1) is 11.3 Å². The predicted molar refractivity (Wildman–Crippen MR) is 111 cm³/mol. The number of carbonyl (C=O) groups excluding carboxylic acids is 2. The number of amides is 2. The Hall–Kier alpha value is -3.06. The fourth-order valence-corrected chi connectivity index (χ4v) is 3.41. The molecule has 3 rings (SSSR count). The van der Waals surface area contributed by atoms with Crippen LogP contribution < -0.4 is 10.6 Å². The van der Waals surface area contributed by atoms with Crippen LogP contribution in [0, 0.1) is 18.6 Å². The number of thiophene rings is 1. The van der Waals surface area contributed by atoms with E-state index in [0.29, 0.717) is 24.1 Å². The quantitative estimate of drug-likeness (QED) is 0.577. The van der Waals surface area contributed by atoms with Crippen molar-refractivity contribution in [2.45, 2.75) is 19.9 Å². The molecule has 1 aromatic heterocycles. The molecule has 2 amide bonds. The lowest BCUT2D eigenvalue weighted by molar-refractivity contribution is -0.110. The third-order valence-electron chi connectivity index (χ3n) is 3.90. The molecule has 0 bridgehead atoms. The molecule has 0 saturated heterocycles. The summed E-state index contributed by atoms with van der Waals surface area (Å²) in [4.78, 5) is 23.8. The van der Waals surface area contributed by atoms with Crippen LogP contribution in [-0.4, -0.2) is 18.9 Å². The minimum absolute atomic E-state index is 0.0330. The highest BCUT2D eigenvalue weighted by molar-refractivity contribution is 7.13. The van der Waals surface area contributed by atoms with Crippen molar-refractivity contribution in [2.24, 2.45) is 0 Å². The molecule has 0 atom stereocenters. The van der Waals surface area contributed by atoms with E-state index in [1.54, 1.807) is 24.3 Å². The Balaban J connectivity index is 0.000000234. The van der Waals surface area contributed by atoms with Crippen LogP contribution in [0.25, 0.3) is 0 Å². The van der Waals surface area contributed by atoms with Gasteiger partial charge in [0, 0.05) is 11.4 Å². The Labute approximate surface area is 172 Å². The fraction of sp³-hybridized carbons (Fsp3) is 0.182. The topological polar surface area (TPSA) is 58.2 Å². The van der Waals surface area contributed by atoms with Gasteiger partial charge in [0.25, 0.3) is 5.91 Å². The molecule has 29 heavy (non-hydrogen) atoms. The second kappa shape index (κ2) is 11.1. The zero-order valence-electron chi connectivity index (χ0n) is 16.1. The van der Waals surface area contributed by atoms with E-state index in [4.69, 9.17) is 0 Å². The van der Waals surface area contributed by atoms with Crippen molar-refractivity contribution >= 4 is 23.7 Å². The van der Waals surface area contributed by atoms with E-state index in [0.717, 1.165) is 4.88 Å². The maximum Gasteiger partial charge on any atom is 0.261 e. The van der Waals surface area contributed by atoms with Crippen molar-refractivity contribution in [1.29, 1.82) is 0 Å². The van der Waals surface area contributed by atoms with Gasteiger partial charge in [0.05, 0.1) is 10.9 Å². The first-order valence-corrected chi connectivity index (χ1v) is 9.81. The summed E-state index contributed by atoms with van der Waals surface area (Å²) in [6.45, 7) is 4.60. The van der Waals surface area contributed by atoms with Gasteiger partial charge < -0.3 is 10.6 Å². The zero-order chi connectivity index (χ0) is 21.2. The summed E-state index contributed by atoms with van der Waals surface area (Å²) in [6.07, 6.45) is 0.514. The molecule has 0 spiro atoms. The molecule has 152 valence electrons. The molecular weight excluding hydrogens is 394 g/mol. The second-order valence-electron chi connectivity index (χ2n) is 6.10. The summed E-state index contributed by atoms with van der Waals surface area (Å²) in [5.74, 6) is -0.770. The van der Waals surface area contributed by atoms with E-state index >= 15 is 0 Å². The molecule has 0 aliphatic heterocycles. The minimum Gasteiger partial charge on any atom is -0.352 e. The minimum atomic E-state index is -0.561. The Morgan fingerprint density at radius 2 is 1.62 bits per heavy atom. The molecule has 3 aromatic rings. The smallest absolute Gasteiger partial charge is 0.261 e. The highest BCUT2D eigenvalue weighted by atomic mass is 32.1. The van der Waals surface area contributed by atoms with Crippen LogP contribution in [0.3, 0.4) is 0 Å². The van der Waals surface area contributed by atoms with Gasteiger partial charge in [0.15, 0.2) is 0 Å². The van der Waals surface area contributed by atoms with Crippen molar-refractivity contribution in [1.82, 2.24) is 10.6 Å². The van der Waals surface area contributed by atoms with Crippen molar-refractivity contribution in [3.05, 3.63) is 93.2 Å². The zero-order valence-corrected chi connectivity index (χ0v) is 16.9. The van der Waals surface area contributed by atoms with E-state index in [1.165, 1.54) is 40.5 Å². The van der Waals surface area contributed by atoms with Crippen LogP contribution in [-0.2, 0) is 4.79 Å². The lowest BCUT2D eigenvalue weighted by atomic mass is 9.99. The van der Waals surface area contributed by atoms with Gasteiger partial charge in [-0.3, -0.25) is 9.59 Å². The van der Waals surface area contributed by atoms with Gasteiger partial charge >= 0.3 is 0 Å². The number of aryl methyl sites for hydroxylation is 1. The van der Waals surface area contributed by atoms with E-state index in [2.05, 4.69) is 10.6 Å². The summed E-state index contributed by atoms with van der Waals surface area (Å²) in [6, 6.07) is 14.9. The summed E-state index contributed by atoms with van der Waals surface area (Å²) in [5.41, 5.74) is 1.13. The van der Waals surface area contributed by atoms with Crippen LogP contribution in [0.2, 0.25) is 0 Å². The lowest BCUT2D eigenvalue weighted by Crippen LogP contribution is -2.21. The van der Waals surface area contributed by atoms with Crippen molar-refractivity contribution in [3.63, 3.8) is 0 Å². The monoisotopic (exact) mass is 416 g/mol. The normalized spacial score (nSPS) is 10.1. The lowest BCUT2D eigenvalue weighted by Gasteiger charge is -2.17. The molecule has 1 heterocycles. The number of nitrogens with one attached hydrogen (secondary N) is 2. The van der Waals surface area contributed by atoms with Gasteiger partial charge in [-0.2, -0.15) is 0 Å². The second-order valence-corrected chi connectivity index (χ2v) is 7.39. The Morgan fingerprint density at radius 3 is 2.03 bits per heavy atom. The molecule has 0 unspecified atom stereocenters. The number of hydrogen-bond donors (Lipinski definition) is 2. The van der Waals surface area contributed by atoms with E-state index < -0.39 is 17.7 Å². The number of halogens is 2. The maximum absolute atomic E-state index is 13.2. The summed E-state index contributed by atoms with van der Waals surface area (Å²) in [7, 11) is 0. The molecule has 4 nitrogen and oxygen atoms in total. The van der Waals surface area contributed by atoms with Gasteiger partial charge in [-0.05, 0) is 61.4 Å². The number of hydrogen-bond acceptors (Lipinski definition) is 3. The highest BCUT2D eigenvalue weighted by Crippen LogP contribution is 2.22. The summed E-state index contributed by atoms with van der Waals surface area (Å²) in [5, 5.41) is 5.30. The SMILES string of the molecule is CCNC(=O)c1ccc(C)s1.O=CNC(c1cccc(F)c1)c1cccc(F)c1. The number of carbonyl (C=O) groups is 2. The molecule has 2 N–H and O–H groups in total. The maximum atomic E-state index is 13.2. The molecule has 2 aromatic carbocycles. The molecule has 0 fully saturated rings. The van der Waals surface area contributed by atoms with E-state index in [-0.39, 0.29) is 5.91 Å². The molecule has 7 heteroatoms. The highest BCUT2D eigenvalue weighted by Gasteiger charge is 2.14. The Kier molecular flexibility index (Phi) is 8.48. The van der Waals surface area contributed by atoms with Crippen molar-refractivity contribution in [2.75, 3.05) is 6.54 Å². The average Bonchev–Trinajstić information content (AvgIpc) is 3.13. The fourth-order valence-electron chi connectivity index (χ4n) is 2.63. The first kappa shape index (κ1) is 22.2. The van der Waals surface area contributed by atoms with Gasteiger partial charge in [-0.25, -0.2) is 8.78 Å². The van der Waals surface area contributed by atoms with Gasteiger partial charge in [0.2, 0.25) is 6.41 Å². The first-order chi connectivity index (χ1) is 13.9. The van der Waals surface area contributed by atoms with E-state index in [9.17, 15) is 18.4 Å². The largest absolute Gasteiger partial charge is 0.352 e. The third kappa shape index (κ3) is 6.80. The van der Waals surface area contributed by atoms with Gasteiger partial charge in [0.1, 0.15) is 11.6 Å². The van der Waals surface area contributed by atoms with Crippen LogP contribution in [0.15, 0.2) is 60.7 Å². The van der Waals surface area contributed by atoms with Crippen molar-refractivity contribution in [3.8, 4) is 0 Å². The standard InChI is InChI=1S/C14H11F2NO.C8H11NOS/c15-12-5-1-3-10(7-12)14(17-9-18)11-4-2-6-13(16)8-11;1-3-9-8(10)7-5-4-6(2)11-7/h1-9,14H,(H,17,18);4-5H,3H2,1-2H3,(H,9,10). The Bertz CT molecular complexity index is 914. The van der Waals surface area contributed by atoms with Gasteiger partial charge in [-0.1, -0.05) is 24.3 Å². The van der Waals surface area contributed by atoms with Crippen LogP contribution >= 0.6 is 11.3 Å². The number of rotatable bonds is 6. The molecule has 0 aliphatic carbocycles. The third-order valence-corrected chi connectivity index (χ3v) is 4.90. The van der Waals surface area contributed by atoms with Crippen molar-refractivity contribution < 1.29 is 18.4 Å². The number of benzene rings is 2. The summed E-state index contributed by atoms with van der Waals surface area (Å²) < 4.78 is 26.3. The summed E-state index contributed by atoms with van der Waals surface area (Å²) >= 11 is 1.52.